The quantitative estimate of drug-likeness (QED) is 0.703. The summed E-state index contributed by atoms with van der Waals surface area (Å²) in [7, 11) is 0. The van der Waals surface area contributed by atoms with Crippen molar-refractivity contribution in [3.8, 4) is 0 Å². The Kier molecular flexibility index (Phi) is 5.04. The summed E-state index contributed by atoms with van der Waals surface area (Å²) in [6.45, 7) is 5.30. The molecule has 0 aliphatic carbocycles. The van der Waals surface area contributed by atoms with Crippen molar-refractivity contribution in [3.05, 3.63) is 5.56 Å². The minimum absolute atomic E-state index is 0.0736. The van der Waals surface area contributed by atoms with Crippen LogP contribution in [0.2, 0.25) is 0 Å². The second-order valence-corrected chi connectivity index (χ2v) is 4.32. The number of carbonyl (C=O) groups excluding carboxylic acids is 1. The molecule has 0 radical (unpaired) electrons. The molecule has 0 aliphatic heterocycles. The van der Waals surface area contributed by atoms with Gasteiger partial charge in [0.1, 0.15) is 10.8 Å². The number of nitrogens with two attached hydrogens (primary N) is 1. The molecule has 0 aromatic carbocycles. The van der Waals surface area contributed by atoms with Crippen molar-refractivity contribution >= 4 is 28.3 Å². The van der Waals surface area contributed by atoms with Gasteiger partial charge in [0.15, 0.2) is 0 Å². The summed E-state index contributed by atoms with van der Waals surface area (Å²) in [6.07, 6.45) is 1.43. The highest BCUT2D eigenvalue weighted by Crippen LogP contribution is 2.24. The summed E-state index contributed by atoms with van der Waals surface area (Å²) in [6, 6.07) is 0. The first-order valence-electron chi connectivity index (χ1n) is 5.37. The van der Waals surface area contributed by atoms with E-state index in [0.717, 1.165) is 23.5 Å². The molecule has 1 heterocycles. The Morgan fingerprint density at radius 2 is 2.25 bits per heavy atom. The maximum Gasteiger partial charge on any atom is 0.221 e. The van der Waals surface area contributed by atoms with Crippen molar-refractivity contribution in [1.82, 2.24) is 9.69 Å². The number of anilines is 2. The molecule has 0 saturated heterocycles. The molecule has 0 saturated carbocycles. The highest BCUT2D eigenvalue weighted by atomic mass is 32.1. The molecule has 0 aliphatic rings. The molecule has 0 bridgehead atoms. The number of hydrogen-bond donors (Lipinski definition) is 3. The van der Waals surface area contributed by atoms with Gasteiger partial charge < -0.3 is 16.4 Å². The smallest absolute Gasteiger partial charge is 0.221 e. The van der Waals surface area contributed by atoms with Crippen LogP contribution in [0.1, 0.15) is 25.3 Å². The third kappa shape index (κ3) is 3.69. The van der Waals surface area contributed by atoms with Crippen molar-refractivity contribution in [2.45, 2.75) is 26.7 Å². The molecule has 6 heteroatoms. The van der Waals surface area contributed by atoms with Crippen molar-refractivity contribution < 1.29 is 4.79 Å². The van der Waals surface area contributed by atoms with Gasteiger partial charge in [0, 0.05) is 25.1 Å². The van der Waals surface area contributed by atoms with E-state index in [2.05, 4.69) is 15.0 Å². The minimum Gasteiger partial charge on any atom is -0.383 e. The summed E-state index contributed by atoms with van der Waals surface area (Å²) in [5, 5.41) is 6.92. The first kappa shape index (κ1) is 12.8. The van der Waals surface area contributed by atoms with Gasteiger partial charge in [-0.2, -0.15) is 4.37 Å². The predicted molar refractivity (Wildman–Crippen MR) is 67.7 cm³/mol. The van der Waals surface area contributed by atoms with E-state index in [0.29, 0.717) is 18.8 Å². The van der Waals surface area contributed by atoms with E-state index in [9.17, 15) is 4.79 Å². The molecule has 1 rings (SSSR count). The topological polar surface area (TPSA) is 80.0 Å². The molecule has 0 fully saturated rings. The monoisotopic (exact) mass is 242 g/mol. The Morgan fingerprint density at radius 1 is 1.50 bits per heavy atom. The Hall–Kier alpha value is -1.30. The lowest BCUT2D eigenvalue weighted by Gasteiger charge is -2.05. The summed E-state index contributed by atoms with van der Waals surface area (Å²) in [4.78, 5) is 11.3. The Morgan fingerprint density at radius 3 is 2.81 bits per heavy atom. The van der Waals surface area contributed by atoms with Gasteiger partial charge in [0.05, 0.1) is 0 Å². The predicted octanol–water partition coefficient (Wildman–Crippen LogP) is 1.36. The summed E-state index contributed by atoms with van der Waals surface area (Å²) in [5.74, 6) is 0.632. The van der Waals surface area contributed by atoms with E-state index in [-0.39, 0.29) is 5.91 Å². The fourth-order valence-electron chi connectivity index (χ4n) is 1.16. The number of nitrogens with one attached hydrogen (secondary N) is 2. The van der Waals surface area contributed by atoms with E-state index < -0.39 is 0 Å². The van der Waals surface area contributed by atoms with Crippen LogP contribution in [0.25, 0.3) is 0 Å². The highest BCUT2D eigenvalue weighted by Gasteiger charge is 2.06. The van der Waals surface area contributed by atoms with Gasteiger partial charge in [-0.15, -0.1) is 0 Å². The number of hydrogen-bond acceptors (Lipinski definition) is 5. The fourth-order valence-corrected chi connectivity index (χ4v) is 1.89. The summed E-state index contributed by atoms with van der Waals surface area (Å²) in [5.41, 5.74) is 6.58. The van der Waals surface area contributed by atoms with Crippen molar-refractivity contribution in [2.75, 3.05) is 24.1 Å². The van der Waals surface area contributed by atoms with E-state index in [1.54, 1.807) is 0 Å². The average Bonchev–Trinajstić information content (AvgIpc) is 2.58. The van der Waals surface area contributed by atoms with Crippen LogP contribution in [-0.2, 0) is 4.79 Å². The zero-order valence-electron chi connectivity index (χ0n) is 9.67. The number of nitrogens with zero attached hydrogens (tertiary/aromatic N) is 1. The molecule has 1 aromatic heterocycles. The lowest BCUT2D eigenvalue weighted by Crippen LogP contribution is -2.25. The lowest BCUT2D eigenvalue weighted by molar-refractivity contribution is -0.120. The van der Waals surface area contributed by atoms with Crippen LogP contribution in [0.15, 0.2) is 0 Å². The average molecular weight is 242 g/mol. The first-order chi connectivity index (χ1) is 7.65. The summed E-state index contributed by atoms with van der Waals surface area (Å²) < 4.78 is 4.02. The van der Waals surface area contributed by atoms with Crippen LogP contribution < -0.4 is 16.4 Å². The molecule has 4 N–H and O–H groups in total. The number of amides is 1. The lowest BCUT2D eigenvalue weighted by atomic mass is 10.3. The Bertz CT molecular complexity index is 351. The van der Waals surface area contributed by atoms with E-state index in [4.69, 9.17) is 5.73 Å². The molecular weight excluding hydrogens is 224 g/mol. The number of carbonyl (C=O) groups is 1. The van der Waals surface area contributed by atoms with Crippen LogP contribution in [0.3, 0.4) is 0 Å². The fraction of sp³-hybridized carbons (Fsp3) is 0.600. The van der Waals surface area contributed by atoms with Gasteiger partial charge in [0.25, 0.3) is 0 Å². The maximum absolute atomic E-state index is 11.3. The molecule has 90 valence electrons. The minimum atomic E-state index is 0.0736. The third-order valence-corrected chi connectivity index (χ3v) is 3.09. The highest BCUT2D eigenvalue weighted by molar-refractivity contribution is 7.10. The second kappa shape index (κ2) is 6.32. The van der Waals surface area contributed by atoms with Gasteiger partial charge >= 0.3 is 0 Å². The Balaban J connectivity index is 2.25. The standard InChI is InChI=1S/C10H18N4OS/c1-3-5-12-8(15)4-6-13-10-7(2)9(11)14-16-10/h13H,3-6H2,1-2H3,(H2,11,14)(H,12,15). The van der Waals surface area contributed by atoms with Crippen LogP contribution in [0.5, 0.6) is 0 Å². The van der Waals surface area contributed by atoms with Crippen molar-refractivity contribution in [1.29, 1.82) is 0 Å². The Labute approximate surface area is 99.6 Å². The van der Waals surface area contributed by atoms with E-state index in [1.807, 2.05) is 13.8 Å². The number of rotatable bonds is 6. The number of nitrogen functional groups attached to an aromatic ring is 1. The van der Waals surface area contributed by atoms with E-state index in [1.165, 1.54) is 11.5 Å². The first-order valence-corrected chi connectivity index (χ1v) is 6.14. The zero-order chi connectivity index (χ0) is 12.0. The van der Waals surface area contributed by atoms with Crippen LogP contribution in [0.4, 0.5) is 10.8 Å². The normalized spacial score (nSPS) is 10.1. The molecule has 16 heavy (non-hydrogen) atoms. The van der Waals surface area contributed by atoms with E-state index >= 15 is 0 Å². The number of aromatic nitrogens is 1. The molecule has 1 aromatic rings. The molecule has 5 nitrogen and oxygen atoms in total. The second-order valence-electron chi connectivity index (χ2n) is 3.55. The molecule has 0 atom stereocenters. The SMILES string of the molecule is CCCNC(=O)CCNc1snc(N)c1C. The van der Waals surface area contributed by atoms with Gasteiger partial charge in [-0.05, 0) is 24.9 Å². The van der Waals surface area contributed by atoms with Crippen molar-refractivity contribution in [3.63, 3.8) is 0 Å². The molecule has 1 amide bonds. The molecule has 0 spiro atoms. The third-order valence-electron chi connectivity index (χ3n) is 2.17. The molecule has 0 unspecified atom stereocenters. The van der Waals surface area contributed by atoms with Crippen LogP contribution >= 0.6 is 11.5 Å². The summed E-state index contributed by atoms with van der Waals surface area (Å²) >= 11 is 1.33. The van der Waals surface area contributed by atoms with Gasteiger partial charge in [0.2, 0.25) is 5.91 Å². The van der Waals surface area contributed by atoms with Gasteiger partial charge in [-0.1, -0.05) is 6.92 Å². The molecular formula is C10H18N4OS. The van der Waals surface area contributed by atoms with Gasteiger partial charge in [-0.25, -0.2) is 0 Å². The zero-order valence-corrected chi connectivity index (χ0v) is 10.5. The maximum atomic E-state index is 11.3. The van der Waals surface area contributed by atoms with Crippen LogP contribution in [-0.4, -0.2) is 23.4 Å². The largest absolute Gasteiger partial charge is 0.383 e. The van der Waals surface area contributed by atoms with Crippen LogP contribution in [0, 0.1) is 6.92 Å². The van der Waals surface area contributed by atoms with Crippen molar-refractivity contribution in [2.24, 2.45) is 0 Å². The van der Waals surface area contributed by atoms with Gasteiger partial charge in [-0.3, -0.25) is 4.79 Å².